The van der Waals surface area contributed by atoms with E-state index >= 15 is 0 Å². The summed E-state index contributed by atoms with van der Waals surface area (Å²) in [4.78, 5) is 0. The third kappa shape index (κ3) is 11.5. The van der Waals surface area contributed by atoms with Crippen LogP contribution in [0.2, 0.25) is 0 Å². The van der Waals surface area contributed by atoms with Crippen molar-refractivity contribution in [3.05, 3.63) is 169 Å². The summed E-state index contributed by atoms with van der Waals surface area (Å²) >= 11 is 0. The minimum atomic E-state index is -5.17. The molecule has 6 aromatic rings. The van der Waals surface area contributed by atoms with E-state index in [1.807, 2.05) is 60.7 Å². The molecule has 58 heavy (non-hydrogen) atoms. The van der Waals surface area contributed by atoms with Gasteiger partial charge in [-0.05, 0) is 83.7 Å². The molecular formula is C38H28B3F2O13S2. The van der Waals surface area contributed by atoms with Crippen molar-refractivity contribution in [2.24, 2.45) is 0 Å². The number of benzene rings is 6. The van der Waals surface area contributed by atoms with Crippen LogP contribution in [0.4, 0.5) is 7.77 Å². The van der Waals surface area contributed by atoms with Crippen LogP contribution >= 0.6 is 0 Å². The highest BCUT2D eigenvalue weighted by molar-refractivity contribution is 7.82. The number of hydrogen-bond acceptors (Lipinski definition) is 13. The van der Waals surface area contributed by atoms with Crippen molar-refractivity contribution in [2.45, 2.75) is 12.6 Å². The highest BCUT2D eigenvalue weighted by Gasteiger charge is 2.36. The minimum absolute atomic E-state index is 0.220. The first-order valence-corrected chi connectivity index (χ1v) is 19.8. The van der Waals surface area contributed by atoms with Gasteiger partial charge in [-0.2, -0.15) is 16.8 Å². The Labute approximate surface area is 334 Å². The van der Waals surface area contributed by atoms with E-state index in [1.54, 1.807) is 48.5 Å². The molecule has 2 atom stereocenters. The highest BCUT2D eigenvalue weighted by atomic mass is 32.3. The van der Waals surface area contributed by atoms with Crippen LogP contribution in [-0.4, -0.2) is 38.8 Å². The molecule has 293 valence electrons. The second-order valence-corrected chi connectivity index (χ2v) is 14.1. The van der Waals surface area contributed by atoms with Gasteiger partial charge in [-0.25, -0.2) is 0 Å². The minimum Gasteiger partial charge on any atom is -0.451 e. The molecule has 20 heteroatoms. The number of halogens is 2. The van der Waals surface area contributed by atoms with Gasteiger partial charge in [0.1, 0.15) is 34.5 Å². The van der Waals surface area contributed by atoms with Crippen molar-refractivity contribution in [2.75, 3.05) is 0 Å². The average Bonchev–Trinajstić information content (AvgIpc) is 3.22. The molecule has 0 aliphatic carbocycles. The lowest BCUT2D eigenvalue weighted by Crippen LogP contribution is -2.54. The van der Waals surface area contributed by atoms with Crippen LogP contribution in [0, 0.1) is 0 Å². The Balaban J connectivity index is 0.985. The number of rotatable bonds is 16. The van der Waals surface area contributed by atoms with Crippen LogP contribution in [0.1, 0.15) is 23.7 Å². The van der Waals surface area contributed by atoms with Crippen LogP contribution < -0.4 is 38.2 Å². The third-order valence-corrected chi connectivity index (χ3v) is 8.85. The first-order chi connectivity index (χ1) is 27.9. The third-order valence-electron chi connectivity index (χ3n) is 8.06. The Kier molecular flexibility index (Phi) is 12.5. The van der Waals surface area contributed by atoms with Gasteiger partial charge < -0.3 is 41.0 Å². The molecule has 1 saturated heterocycles. The molecule has 0 bridgehead atoms. The van der Waals surface area contributed by atoms with E-state index in [2.05, 4.69) is 8.37 Å². The van der Waals surface area contributed by atoms with Gasteiger partial charge in [-0.3, -0.25) is 0 Å². The van der Waals surface area contributed by atoms with Gasteiger partial charge in [0.15, 0.2) is 0 Å². The van der Waals surface area contributed by atoms with Crippen molar-refractivity contribution < 1.29 is 65.6 Å². The molecule has 1 heterocycles. The van der Waals surface area contributed by atoms with Gasteiger partial charge in [-0.15, -0.1) is 0 Å². The summed E-state index contributed by atoms with van der Waals surface area (Å²) in [5, 5.41) is 0. The van der Waals surface area contributed by atoms with Crippen LogP contribution in [0.3, 0.4) is 0 Å². The summed E-state index contributed by atoms with van der Waals surface area (Å²) in [6.45, 7) is 0. The smallest absolute Gasteiger partial charge is 0.451 e. The van der Waals surface area contributed by atoms with Crippen molar-refractivity contribution >= 4 is 53.9 Å². The first kappa shape index (κ1) is 40.2. The van der Waals surface area contributed by atoms with Crippen molar-refractivity contribution in [3.63, 3.8) is 0 Å². The lowest BCUT2D eigenvalue weighted by Gasteiger charge is -2.26. The Morgan fingerprint density at radius 2 is 0.724 bits per heavy atom. The van der Waals surface area contributed by atoms with Crippen LogP contribution in [0.5, 0.6) is 34.5 Å². The maximum absolute atomic E-state index is 12.9. The van der Waals surface area contributed by atoms with Crippen LogP contribution in [-0.2, 0) is 34.7 Å². The summed E-state index contributed by atoms with van der Waals surface area (Å²) in [6.07, 6.45) is -1.84. The monoisotopic (exact) mass is 827 g/mol. The zero-order valence-electron chi connectivity index (χ0n) is 29.8. The van der Waals surface area contributed by atoms with Crippen molar-refractivity contribution in [1.29, 1.82) is 0 Å². The molecule has 0 saturated carbocycles. The normalized spacial score (nSPS) is 14.0. The molecule has 6 aromatic carbocycles. The standard InChI is InChI=1S/C38H28B3F2O13S2/c42-57(44,45)52-35-23-19-33(20-24-35)50-37(27-7-3-1-4-8-27)48-31-15-11-29(12-16-31)40-54-39-55-41(56-40)30-13-17-32(18-14-30)49-38(28-9-5-2-6-10-28)51-34-21-25-36(26-22-34)53-58(43,46)47/h1-26,37-38H. The molecule has 0 spiro atoms. The summed E-state index contributed by atoms with van der Waals surface area (Å²) in [5.74, 6) is 1.06. The van der Waals surface area contributed by atoms with E-state index < -0.39 is 47.8 Å². The van der Waals surface area contributed by atoms with Gasteiger partial charge in [-0.1, -0.05) is 92.7 Å². The molecule has 1 aliphatic heterocycles. The SMILES string of the molecule is O=S(=O)(F)Oc1ccc(OC(Oc2ccc(B3O[B]OB(c4ccc(OC(Oc5ccc(OS(=O)(=O)F)cc5)c5ccccc5)cc4)O3)cc2)c2ccccc2)cc1. The molecule has 0 N–H and O–H groups in total. The van der Waals surface area contributed by atoms with E-state index in [9.17, 15) is 24.6 Å². The van der Waals surface area contributed by atoms with Crippen LogP contribution in [0.15, 0.2) is 158 Å². The van der Waals surface area contributed by atoms with Crippen molar-refractivity contribution in [1.82, 2.24) is 0 Å². The molecule has 1 radical (unpaired) electrons. The van der Waals surface area contributed by atoms with Gasteiger partial charge in [0.05, 0.1) is 0 Å². The molecule has 7 rings (SSSR count). The molecule has 13 nitrogen and oxygen atoms in total. The lowest BCUT2D eigenvalue weighted by molar-refractivity contribution is 0.00353. The summed E-state index contributed by atoms with van der Waals surface area (Å²) in [6, 6.07) is 42.7. The largest absolute Gasteiger partial charge is 0.488 e. The Bertz CT molecular complexity index is 2300. The molecule has 0 amide bonds. The van der Waals surface area contributed by atoms with E-state index in [4.69, 9.17) is 32.7 Å². The fraction of sp³-hybridized carbons (Fsp3) is 0.0526. The zero-order chi connectivity index (χ0) is 40.5. The maximum Gasteiger partial charge on any atom is 0.488 e. The van der Waals surface area contributed by atoms with Crippen molar-refractivity contribution in [3.8, 4) is 34.5 Å². The van der Waals surface area contributed by atoms with E-state index in [0.29, 0.717) is 45.1 Å². The average molecular weight is 827 g/mol. The number of ether oxygens (including phenoxy) is 4. The van der Waals surface area contributed by atoms with Gasteiger partial charge >= 0.3 is 42.9 Å². The molecule has 1 aliphatic rings. The summed E-state index contributed by atoms with van der Waals surface area (Å²) in [5.41, 5.74) is 2.68. The zero-order valence-corrected chi connectivity index (χ0v) is 31.4. The van der Waals surface area contributed by atoms with E-state index in [-0.39, 0.29) is 11.5 Å². The van der Waals surface area contributed by atoms with Crippen LogP contribution in [0.25, 0.3) is 0 Å². The first-order valence-electron chi connectivity index (χ1n) is 17.2. The summed E-state index contributed by atoms with van der Waals surface area (Å²) < 4.78 is 120. The fourth-order valence-electron chi connectivity index (χ4n) is 5.44. The number of hydrogen-bond donors (Lipinski definition) is 0. The molecular weight excluding hydrogens is 799 g/mol. The Morgan fingerprint density at radius 3 is 1.03 bits per heavy atom. The molecule has 1 fully saturated rings. The topological polar surface area (TPSA) is 151 Å². The van der Waals surface area contributed by atoms with E-state index in [0.717, 1.165) is 0 Å². The van der Waals surface area contributed by atoms with E-state index in [1.165, 1.54) is 56.2 Å². The highest BCUT2D eigenvalue weighted by Crippen LogP contribution is 2.29. The fourth-order valence-corrected chi connectivity index (χ4v) is 6.13. The summed E-state index contributed by atoms with van der Waals surface area (Å²) in [7, 11) is -10.8. The molecule has 0 aromatic heterocycles. The molecule has 2 unspecified atom stereocenters. The lowest BCUT2D eigenvalue weighted by atomic mass is 9.67. The second-order valence-electron chi connectivity index (χ2n) is 12.2. The van der Waals surface area contributed by atoms with Gasteiger partial charge in [0.2, 0.25) is 0 Å². The predicted molar refractivity (Wildman–Crippen MR) is 208 cm³/mol. The quantitative estimate of drug-likeness (QED) is 0.0650. The van der Waals surface area contributed by atoms with Gasteiger partial charge in [0.25, 0.3) is 12.6 Å². The Hall–Kier alpha value is -6.05. The maximum atomic E-state index is 12.9. The Morgan fingerprint density at radius 1 is 0.431 bits per heavy atom. The van der Waals surface area contributed by atoms with Gasteiger partial charge in [0, 0.05) is 11.1 Å². The second kappa shape index (κ2) is 18.0. The predicted octanol–water partition coefficient (Wildman–Crippen LogP) is 5.87.